The van der Waals surface area contributed by atoms with Gasteiger partial charge in [-0.1, -0.05) is 67.2 Å². The summed E-state index contributed by atoms with van der Waals surface area (Å²) in [6, 6.07) is 19.7. The van der Waals surface area contributed by atoms with E-state index < -0.39 is 0 Å². The van der Waals surface area contributed by atoms with Gasteiger partial charge in [-0.3, -0.25) is 0 Å². The van der Waals surface area contributed by atoms with Gasteiger partial charge in [-0.05, 0) is 11.1 Å². The van der Waals surface area contributed by atoms with E-state index in [1.165, 1.54) is 7.11 Å². The molecule has 19 heavy (non-hydrogen) atoms. The summed E-state index contributed by atoms with van der Waals surface area (Å²) in [7, 11) is 1.38. The minimum absolute atomic E-state index is 0.171. The van der Waals surface area contributed by atoms with Gasteiger partial charge in [0.1, 0.15) is 0 Å². The van der Waals surface area contributed by atoms with Crippen molar-refractivity contribution in [1.82, 2.24) is 0 Å². The van der Waals surface area contributed by atoms with Gasteiger partial charge in [0.15, 0.2) is 0 Å². The van der Waals surface area contributed by atoms with Crippen molar-refractivity contribution in [2.75, 3.05) is 7.11 Å². The van der Waals surface area contributed by atoms with Crippen molar-refractivity contribution in [3.8, 4) is 0 Å². The predicted octanol–water partition coefficient (Wildman–Crippen LogP) is 3.55. The monoisotopic (exact) mass is 252 g/mol. The summed E-state index contributed by atoms with van der Waals surface area (Å²) >= 11 is 0. The number of carbonyl (C=O) groups is 1. The maximum atomic E-state index is 11.8. The molecule has 2 heteroatoms. The topological polar surface area (TPSA) is 26.3 Å². The Kier molecular flexibility index (Phi) is 4.14. The largest absolute Gasteiger partial charge is 0.466 e. The first-order chi connectivity index (χ1) is 9.24. The van der Waals surface area contributed by atoms with Crippen LogP contribution in [-0.2, 0) is 9.53 Å². The average molecular weight is 252 g/mol. The molecule has 0 spiro atoms. The smallest absolute Gasteiger partial charge is 0.334 e. The maximum absolute atomic E-state index is 11.8. The molecule has 0 aliphatic heterocycles. The zero-order valence-corrected chi connectivity index (χ0v) is 10.9. The number of carbonyl (C=O) groups excluding carboxylic acids is 1. The van der Waals surface area contributed by atoms with E-state index in [2.05, 4.69) is 6.58 Å². The molecule has 0 aliphatic rings. The second-order valence-electron chi connectivity index (χ2n) is 4.27. The van der Waals surface area contributed by atoms with Gasteiger partial charge >= 0.3 is 5.97 Å². The van der Waals surface area contributed by atoms with E-state index in [4.69, 9.17) is 4.74 Å². The van der Waals surface area contributed by atoms with Gasteiger partial charge in [-0.15, -0.1) is 0 Å². The van der Waals surface area contributed by atoms with Gasteiger partial charge in [0, 0.05) is 11.5 Å². The van der Waals surface area contributed by atoms with Crippen molar-refractivity contribution in [3.05, 3.63) is 83.9 Å². The van der Waals surface area contributed by atoms with Gasteiger partial charge in [0.25, 0.3) is 0 Å². The Bertz CT molecular complexity index is 519. The minimum Gasteiger partial charge on any atom is -0.466 e. The fraction of sp³-hybridized carbons (Fsp3) is 0.118. The third kappa shape index (κ3) is 2.91. The molecule has 0 atom stereocenters. The minimum atomic E-state index is -0.377. The zero-order chi connectivity index (χ0) is 13.7. The molecule has 0 aliphatic carbocycles. The normalized spacial score (nSPS) is 10.2. The van der Waals surface area contributed by atoms with Crippen molar-refractivity contribution in [3.63, 3.8) is 0 Å². The number of hydrogen-bond donors (Lipinski definition) is 0. The van der Waals surface area contributed by atoms with Crippen molar-refractivity contribution in [2.24, 2.45) is 0 Å². The Labute approximate surface area is 113 Å². The molecule has 0 unspecified atom stereocenters. The van der Waals surface area contributed by atoms with Gasteiger partial charge < -0.3 is 4.74 Å². The van der Waals surface area contributed by atoms with Crippen LogP contribution in [0.15, 0.2) is 72.8 Å². The highest BCUT2D eigenvalue weighted by molar-refractivity contribution is 5.90. The molecule has 2 aromatic carbocycles. The molecule has 0 heterocycles. The summed E-state index contributed by atoms with van der Waals surface area (Å²) in [4.78, 5) is 11.8. The van der Waals surface area contributed by atoms with Crippen molar-refractivity contribution >= 4 is 5.97 Å². The molecule has 0 fully saturated rings. The third-order valence-electron chi connectivity index (χ3n) is 3.06. The summed E-state index contributed by atoms with van der Waals surface area (Å²) in [5, 5.41) is 0. The molecule has 0 saturated heterocycles. The summed E-state index contributed by atoms with van der Waals surface area (Å²) in [5.41, 5.74) is 2.51. The Morgan fingerprint density at radius 2 is 1.37 bits per heavy atom. The number of rotatable bonds is 4. The van der Waals surface area contributed by atoms with Crippen LogP contribution in [-0.4, -0.2) is 13.1 Å². The van der Waals surface area contributed by atoms with Gasteiger partial charge in [0.05, 0.1) is 7.11 Å². The third-order valence-corrected chi connectivity index (χ3v) is 3.06. The number of methoxy groups -OCH3 is 1. The second kappa shape index (κ2) is 6.01. The predicted molar refractivity (Wildman–Crippen MR) is 75.9 cm³/mol. The van der Waals surface area contributed by atoms with E-state index in [9.17, 15) is 4.79 Å². The molecule has 2 rings (SSSR count). The molecular weight excluding hydrogens is 236 g/mol. The first kappa shape index (κ1) is 13.1. The van der Waals surface area contributed by atoms with Crippen LogP contribution in [0.1, 0.15) is 17.0 Å². The molecule has 2 nitrogen and oxygen atoms in total. The Morgan fingerprint density at radius 3 is 1.74 bits per heavy atom. The number of ether oxygens (including phenoxy) is 1. The molecule has 0 N–H and O–H groups in total. The fourth-order valence-electron chi connectivity index (χ4n) is 2.13. The molecular formula is C17H16O2. The Morgan fingerprint density at radius 1 is 0.947 bits per heavy atom. The van der Waals surface area contributed by atoms with Gasteiger partial charge in [-0.2, -0.15) is 0 Å². The molecule has 96 valence electrons. The fourth-order valence-corrected chi connectivity index (χ4v) is 2.13. The lowest BCUT2D eigenvalue weighted by Gasteiger charge is -2.19. The average Bonchev–Trinajstić information content (AvgIpc) is 2.49. The van der Waals surface area contributed by atoms with Crippen LogP contribution in [0.25, 0.3) is 0 Å². The second-order valence-corrected chi connectivity index (χ2v) is 4.27. The Balaban J connectivity index is 2.46. The van der Waals surface area contributed by atoms with Crippen LogP contribution in [0.3, 0.4) is 0 Å². The molecule has 0 amide bonds. The van der Waals surface area contributed by atoms with Crippen LogP contribution in [0, 0.1) is 0 Å². The molecule has 0 aromatic heterocycles. The molecule has 2 aromatic rings. The quantitative estimate of drug-likeness (QED) is 0.614. The summed E-state index contributed by atoms with van der Waals surface area (Å²) < 4.78 is 4.80. The summed E-state index contributed by atoms with van der Waals surface area (Å²) in [6.45, 7) is 3.90. The van der Waals surface area contributed by atoms with Crippen molar-refractivity contribution < 1.29 is 9.53 Å². The number of hydrogen-bond acceptors (Lipinski definition) is 2. The van der Waals surface area contributed by atoms with E-state index in [0.717, 1.165) is 11.1 Å². The van der Waals surface area contributed by atoms with Crippen molar-refractivity contribution in [1.29, 1.82) is 0 Å². The van der Waals surface area contributed by atoms with Gasteiger partial charge in [-0.25, -0.2) is 4.79 Å². The molecule has 0 radical (unpaired) electrons. The lowest BCUT2D eigenvalue weighted by Crippen LogP contribution is -2.13. The molecule has 0 bridgehead atoms. The van der Waals surface area contributed by atoms with Crippen LogP contribution in [0.5, 0.6) is 0 Å². The van der Waals surface area contributed by atoms with Crippen LogP contribution in [0.2, 0.25) is 0 Å². The van der Waals surface area contributed by atoms with E-state index in [1.807, 2.05) is 60.7 Å². The Hall–Kier alpha value is -2.35. The zero-order valence-electron chi connectivity index (χ0n) is 10.9. The van der Waals surface area contributed by atoms with Gasteiger partial charge in [0.2, 0.25) is 0 Å². The standard InChI is InChI=1S/C17H16O2/c1-13(17(18)19-2)16(14-9-5-3-6-10-14)15-11-7-4-8-12-15/h3-12,16H,1H2,2H3. The SMILES string of the molecule is C=C(C(=O)OC)C(c1ccccc1)c1ccccc1. The maximum Gasteiger partial charge on any atom is 0.334 e. The first-order valence-corrected chi connectivity index (χ1v) is 6.11. The number of esters is 1. The summed E-state index contributed by atoms with van der Waals surface area (Å²) in [5.74, 6) is -0.549. The summed E-state index contributed by atoms with van der Waals surface area (Å²) in [6.07, 6.45) is 0. The van der Waals surface area contributed by atoms with E-state index in [-0.39, 0.29) is 11.9 Å². The highest BCUT2D eigenvalue weighted by atomic mass is 16.5. The molecule has 0 saturated carbocycles. The van der Waals surface area contributed by atoms with E-state index in [1.54, 1.807) is 0 Å². The van der Waals surface area contributed by atoms with E-state index in [0.29, 0.717) is 5.57 Å². The lowest BCUT2D eigenvalue weighted by molar-refractivity contribution is -0.136. The highest BCUT2D eigenvalue weighted by Crippen LogP contribution is 2.31. The number of benzene rings is 2. The van der Waals surface area contributed by atoms with Crippen LogP contribution < -0.4 is 0 Å². The van der Waals surface area contributed by atoms with Crippen LogP contribution in [0.4, 0.5) is 0 Å². The van der Waals surface area contributed by atoms with Crippen LogP contribution >= 0.6 is 0 Å². The highest BCUT2D eigenvalue weighted by Gasteiger charge is 2.22. The first-order valence-electron chi connectivity index (χ1n) is 6.11. The van der Waals surface area contributed by atoms with E-state index >= 15 is 0 Å². The van der Waals surface area contributed by atoms with Crippen molar-refractivity contribution in [2.45, 2.75) is 5.92 Å². The lowest BCUT2D eigenvalue weighted by atomic mass is 9.85.